The molecule has 22 heavy (non-hydrogen) atoms. The van der Waals surface area contributed by atoms with Gasteiger partial charge in [-0.05, 0) is 31.4 Å². The van der Waals surface area contributed by atoms with Crippen LogP contribution in [0.4, 0.5) is 18.9 Å². The fraction of sp³-hybridized carbons (Fsp3) is 0.467. The van der Waals surface area contributed by atoms with Gasteiger partial charge >= 0.3 is 6.18 Å². The van der Waals surface area contributed by atoms with Crippen molar-refractivity contribution in [2.75, 3.05) is 18.4 Å². The van der Waals surface area contributed by atoms with Crippen LogP contribution >= 0.6 is 0 Å². The first kappa shape index (κ1) is 16.3. The number of amides is 2. The lowest BCUT2D eigenvalue weighted by molar-refractivity contribution is -0.150. The second-order valence-corrected chi connectivity index (χ2v) is 5.34. The molecule has 1 heterocycles. The molecule has 0 atom stereocenters. The van der Waals surface area contributed by atoms with Crippen LogP contribution in [0.15, 0.2) is 18.2 Å². The molecule has 2 amide bonds. The molecule has 4 nitrogen and oxygen atoms in total. The Bertz CT molecular complexity index is 579. The fourth-order valence-corrected chi connectivity index (χ4v) is 2.51. The molecule has 1 aromatic carbocycles. The fourth-order valence-electron chi connectivity index (χ4n) is 2.51. The third kappa shape index (κ3) is 3.99. The lowest BCUT2D eigenvalue weighted by Gasteiger charge is -2.20. The zero-order valence-electron chi connectivity index (χ0n) is 12.2. The summed E-state index contributed by atoms with van der Waals surface area (Å²) in [5, 5.41) is 2.21. The molecular weight excluding hydrogens is 297 g/mol. The van der Waals surface area contributed by atoms with E-state index in [0.29, 0.717) is 18.7 Å². The average molecular weight is 314 g/mol. The number of benzene rings is 1. The van der Waals surface area contributed by atoms with Gasteiger partial charge in [0.25, 0.3) is 5.91 Å². The highest BCUT2D eigenvalue weighted by Crippen LogP contribution is 2.25. The first-order valence-corrected chi connectivity index (χ1v) is 7.03. The summed E-state index contributed by atoms with van der Waals surface area (Å²) < 4.78 is 36.8. The Hall–Kier alpha value is -2.05. The van der Waals surface area contributed by atoms with Crippen LogP contribution in [0, 0.1) is 6.92 Å². The minimum Gasteiger partial charge on any atom is -0.339 e. The Labute approximate surface area is 126 Å². The molecular formula is C15H17F3N2O2. The van der Waals surface area contributed by atoms with Crippen LogP contribution in [0.3, 0.4) is 0 Å². The number of nitrogens with one attached hydrogen (secondary N) is 1. The van der Waals surface area contributed by atoms with Crippen LogP contribution in [0.2, 0.25) is 0 Å². The molecule has 1 aliphatic heterocycles. The lowest BCUT2D eigenvalue weighted by atomic mass is 10.0. The molecule has 0 saturated carbocycles. The summed E-state index contributed by atoms with van der Waals surface area (Å²) in [6, 6.07) is 4.74. The highest BCUT2D eigenvalue weighted by atomic mass is 19.4. The molecule has 1 fully saturated rings. The van der Waals surface area contributed by atoms with Crippen LogP contribution < -0.4 is 5.32 Å². The predicted molar refractivity (Wildman–Crippen MR) is 75.6 cm³/mol. The number of carbonyl (C=O) groups is 2. The third-order valence-corrected chi connectivity index (χ3v) is 3.52. The monoisotopic (exact) mass is 314 g/mol. The van der Waals surface area contributed by atoms with Crippen LogP contribution in [0.1, 0.15) is 35.2 Å². The average Bonchev–Trinajstić information content (AvgIpc) is 2.89. The summed E-state index contributed by atoms with van der Waals surface area (Å²) >= 11 is 0. The number of likely N-dealkylation sites (tertiary alicyclic amines) is 1. The summed E-state index contributed by atoms with van der Waals surface area (Å²) in [4.78, 5) is 25.6. The van der Waals surface area contributed by atoms with Gasteiger partial charge in [0.1, 0.15) is 6.42 Å². The molecule has 0 unspecified atom stereocenters. The van der Waals surface area contributed by atoms with Gasteiger partial charge < -0.3 is 10.2 Å². The van der Waals surface area contributed by atoms with Crippen LogP contribution in [-0.4, -0.2) is 36.0 Å². The first-order chi connectivity index (χ1) is 10.3. The number of halogens is 3. The van der Waals surface area contributed by atoms with Gasteiger partial charge in [0, 0.05) is 13.1 Å². The third-order valence-electron chi connectivity index (χ3n) is 3.52. The normalized spacial score (nSPS) is 15.0. The van der Waals surface area contributed by atoms with E-state index in [1.54, 1.807) is 24.0 Å². The Morgan fingerprint density at radius 3 is 2.45 bits per heavy atom. The van der Waals surface area contributed by atoms with E-state index in [0.717, 1.165) is 12.8 Å². The topological polar surface area (TPSA) is 49.4 Å². The summed E-state index contributed by atoms with van der Waals surface area (Å²) in [6.07, 6.45) is -4.33. The SMILES string of the molecule is Cc1cccc(NC(=O)CC(F)(F)F)c1C(=O)N1CCCC1. The second-order valence-electron chi connectivity index (χ2n) is 5.34. The standard InChI is InChI=1S/C15H17F3N2O2/c1-10-5-4-6-11(19-12(21)9-15(16,17)18)13(10)14(22)20-7-2-3-8-20/h4-6H,2-3,7-9H2,1H3,(H,19,21). The molecule has 0 bridgehead atoms. The number of alkyl halides is 3. The van der Waals surface area contributed by atoms with E-state index in [9.17, 15) is 22.8 Å². The van der Waals surface area contributed by atoms with E-state index in [1.807, 2.05) is 0 Å². The number of anilines is 1. The van der Waals surface area contributed by atoms with Gasteiger partial charge in [-0.25, -0.2) is 0 Å². The summed E-state index contributed by atoms with van der Waals surface area (Å²) in [5.74, 6) is -1.42. The Morgan fingerprint density at radius 1 is 1.23 bits per heavy atom. The van der Waals surface area contributed by atoms with E-state index < -0.39 is 18.5 Å². The number of hydrogen-bond acceptors (Lipinski definition) is 2. The van der Waals surface area contributed by atoms with E-state index in [2.05, 4.69) is 5.32 Å². The zero-order valence-corrected chi connectivity index (χ0v) is 12.2. The summed E-state index contributed by atoms with van der Waals surface area (Å²) in [6.45, 7) is 2.95. The van der Waals surface area contributed by atoms with Gasteiger partial charge in [-0.3, -0.25) is 9.59 Å². The van der Waals surface area contributed by atoms with Crippen molar-refractivity contribution >= 4 is 17.5 Å². The lowest BCUT2D eigenvalue weighted by Crippen LogP contribution is -2.30. The van der Waals surface area contributed by atoms with E-state index in [1.165, 1.54) is 6.07 Å². The number of hydrogen-bond donors (Lipinski definition) is 1. The van der Waals surface area contributed by atoms with Crippen molar-refractivity contribution in [1.82, 2.24) is 4.90 Å². The van der Waals surface area contributed by atoms with Gasteiger partial charge in [-0.1, -0.05) is 12.1 Å². The molecule has 0 aromatic heterocycles. The molecule has 7 heteroatoms. The number of rotatable bonds is 3. The van der Waals surface area contributed by atoms with Crippen molar-refractivity contribution in [3.8, 4) is 0 Å². The van der Waals surface area contributed by atoms with Crippen molar-refractivity contribution in [2.45, 2.75) is 32.4 Å². The van der Waals surface area contributed by atoms with Crippen molar-refractivity contribution in [3.05, 3.63) is 29.3 Å². The molecule has 1 saturated heterocycles. The van der Waals surface area contributed by atoms with Crippen molar-refractivity contribution in [2.24, 2.45) is 0 Å². The predicted octanol–water partition coefficient (Wildman–Crippen LogP) is 3.12. The first-order valence-electron chi connectivity index (χ1n) is 7.03. The van der Waals surface area contributed by atoms with Crippen LogP contribution in [0.5, 0.6) is 0 Å². The summed E-state index contributed by atoms with van der Waals surface area (Å²) in [7, 11) is 0. The zero-order chi connectivity index (χ0) is 16.3. The highest BCUT2D eigenvalue weighted by molar-refractivity contribution is 6.05. The molecule has 0 spiro atoms. The van der Waals surface area contributed by atoms with E-state index in [-0.39, 0.29) is 17.2 Å². The number of aryl methyl sites for hydroxylation is 1. The Balaban J connectivity index is 2.23. The van der Waals surface area contributed by atoms with Crippen LogP contribution in [0.25, 0.3) is 0 Å². The smallest absolute Gasteiger partial charge is 0.339 e. The maximum atomic E-state index is 12.5. The minimum atomic E-state index is -4.58. The van der Waals surface area contributed by atoms with Gasteiger partial charge in [0.05, 0.1) is 11.3 Å². The molecule has 120 valence electrons. The molecule has 1 N–H and O–H groups in total. The highest BCUT2D eigenvalue weighted by Gasteiger charge is 2.32. The quantitative estimate of drug-likeness (QED) is 0.932. The van der Waals surface area contributed by atoms with Crippen molar-refractivity contribution in [3.63, 3.8) is 0 Å². The maximum absolute atomic E-state index is 12.5. The minimum absolute atomic E-state index is 0.131. The van der Waals surface area contributed by atoms with Crippen molar-refractivity contribution < 1.29 is 22.8 Å². The number of carbonyl (C=O) groups excluding carboxylic acids is 2. The van der Waals surface area contributed by atoms with Gasteiger partial charge in [-0.2, -0.15) is 13.2 Å². The second kappa shape index (κ2) is 6.37. The van der Waals surface area contributed by atoms with Gasteiger partial charge in [0.15, 0.2) is 0 Å². The molecule has 0 radical (unpaired) electrons. The Morgan fingerprint density at radius 2 is 1.86 bits per heavy atom. The molecule has 1 aliphatic rings. The summed E-state index contributed by atoms with van der Waals surface area (Å²) in [5.41, 5.74) is 1.02. The van der Waals surface area contributed by atoms with Crippen LogP contribution in [-0.2, 0) is 4.79 Å². The maximum Gasteiger partial charge on any atom is 0.397 e. The van der Waals surface area contributed by atoms with E-state index in [4.69, 9.17) is 0 Å². The van der Waals surface area contributed by atoms with Gasteiger partial charge in [0.2, 0.25) is 5.91 Å². The number of nitrogens with zero attached hydrogens (tertiary/aromatic N) is 1. The Kier molecular flexibility index (Phi) is 4.73. The molecule has 0 aliphatic carbocycles. The largest absolute Gasteiger partial charge is 0.397 e. The molecule has 1 aromatic rings. The van der Waals surface area contributed by atoms with Crippen molar-refractivity contribution in [1.29, 1.82) is 0 Å². The van der Waals surface area contributed by atoms with Gasteiger partial charge in [-0.15, -0.1) is 0 Å². The molecule has 2 rings (SSSR count). The van der Waals surface area contributed by atoms with E-state index >= 15 is 0 Å².